The number of nitrogens with one attached hydrogen (secondary N) is 1. The average Bonchev–Trinajstić information content (AvgIpc) is 2.95. The lowest BCUT2D eigenvalue weighted by Crippen LogP contribution is -3.11. The molecule has 0 amide bonds. The molecule has 4 heteroatoms. The van der Waals surface area contributed by atoms with Gasteiger partial charge in [0.25, 0.3) is 0 Å². The quantitative estimate of drug-likeness (QED) is 0.769. The first-order valence-corrected chi connectivity index (χ1v) is 8.20. The Labute approximate surface area is 132 Å². The first kappa shape index (κ1) is 16.7. The van der Waals surface area contributed by atoms with Gasteiger partial charge in [0, 0.05) is 12.8 Å². The Hall–Kier alpha value is -1.68. The van der Waals surface area contributed by atoms with Crippen LogP contribution in [0.5, 0.6) is 0 Å². The van der Waals surface area contributed by atoms with Gasteiger partial charge in [-0.1, -0.05) is 30.3 Å². The second-order valence-corrected chi connectivity index (χ2v) is 6.01. The number of ketones is 1. The second-order valence-electron chi connectivity index (χ2n) is 6.01. The third-order valence-electron chi connectivity index (χ3n) is 4.74. The highest BCUT2D eigenvalue weighted by Gasteiger charge is 2.47. The van der Waals surface area contributed by atoms with Crippen LogP contribution in [0.3, 0.4) is 0 Å². The summed E-state index contributed by atoms with van der Waals surface area (Å²) in [4.78, 5) is 25.9. The predicted molar refractivity (Wildman–Crippen MR) is 84.8 cm³/mol. The second kappa shape index (κ2) is 7.54. The number of esters is 1. The minimum Gasteiger partial charge on any atom is -0.459 e. The molecule has 0 aromatic heterocycles. The lowest BCUT2D eigenvalue weighted by atomic mass is 9.79. The van der Waals surface area contributed by atoms with E-state index in [2.05, 4.69) is 13.8 Å². The molecule has 0 bridgehead atoms. The van der Waals surface area contributed by atoms with Crippen molar-refractivity contribution in [2.24, 2.45) is 0 Å². The van der Waals surface area contributed by atoms with Gasteiger partial charge in [-0.15, -0.1) is 0 Å². The average molecular weight is 304 g/mol. The number of ether oxygens (including phenoxy) is 1. The minimum absolute atomic E-state index is 0.148. The summed E-state index contributed by atoms with van der Waals surface area (Å²) in [5.74, 6) is -0.0914. The molecular formula is C18H26NO3+. The van der Waals surface area contributed by atoms with Crippen molar-refractivity contribution < 1.29 is 19.2 Å². The Kier molecular flexibility index (Phi) is 5.72. The van der Waals surface area contributed by atoms with Crippen LogP contribution >= 0.6 is 0 Å². The van der Waals surface area contributed by atoms with E-state index in [0.29, 0.717) is 19.4 Å². The van der Waals surface area contributed by atoms with E-state index in [9.17, 15) is 9.59 Å². The fourth-order valence-electron chi connectivity index (χ4n) is 3.19. The Morgan fingerprint density at radius 3 is 2.45 bits per heavy atom. The maximum atomic E-state index is 12.7. The van der Waals surface area contributed by atoms with Gasteiger partial charge >= 0.3 is 5.97 Å². The Bertz CT molecular complexity index is 510. The Morgan fingerprint density at radius 2 is 1.91 bits per heavy atom. The molecule has 1 aromatic carbocycles. The zero-order chi connectivity index (χ0) is 16.0. The molecule has 1 saturated carbocycles. The van der Waals surface area contributed by atoms with E-state index in [1.165, 1.54) is 4.90 Å². The molecule has 1 atom stereocenters. The number of carbonyl (C=O) groups excluding carboxylic acids is 2. The van der Waals surface area contributed by atoms with Gasteiger partial charge in [-0.25, -0.2) is 0 Å². The molecule has 0 heterocycles. The molecule has 0 aliphatic heterocycles. The van der Waals surface area contributed by atoms with E-state index in [1.54, 1.807) is 0 Å². The van der Waals surface area contributed by atoms with Gasteiger partial charge in [0.05, 0.1) is 13.1 Å². The molecule has 2 rings (SSSR count). The van der Waals surface area contributed by atoms with Gasteiger partial charge in [0.2, 0.25) is 0 Å². The van der Waals surface area contributed by atoms with Crippen LogP contribution in [-0.2, 0) is 19.7 Å². The maximum absolute atomic E-state index is 12.7. The highest BCUT2D eigenvalue weighted by molar-refractivity contribution is 5.94. The number of Topliss-reactive ketones (excluding diaryl/α,β-unsaturated/α-hetero) is 1. The van der Waals surface area contributed by atoms with Gasteiger partial charge in [-0.05, 0) is 25.8 Å². The lowest BCUT2D eigenvalue weighted by Gasteiger charge is -2.26. The number of rotatable bonds is 7. The molecule has 0 spiro atoms. The highest BCUT2D eigenvalue weighted by atomic mass is 16.5. The minimum atomic E-state index is -0.767. The van der Waals surface area contributed by atoms with Crippen molar-refractivity contribution in [2.45, 2.75) is 38.5 Å². The predicted octanol–water partition coefficient (Wildman–Crippen LogP) is 1.15. The summed E-state index contributed by atoms with van der Waals surface area (Å²) >= 11 is 0. The van der Waals surface area contributed by atoms with Gasteiger partial charge in [0.1, 0.15) is 24.3 Å². The normalized spacial score (nSPS) is 21.3. The van der Waals surface area contributed by atoms with Crippen molar-refractivity contribution in [1.82, 2.24) is 0 Å². The van der Waals surface area contributed by atoms with Crippen LogP contribution in [0, 0.1) is 0 Å². The fourth-order valence-corrected chi connectivity index (χ4v) is 3.19. The van der Waals surface area contributed by atoms with Crippen molar-refractivity contribution in [2.75, 3.05) is 26.2 Å². The highest BCUT2D eigenvalue weighted by Crippen LogP contribution is 2.40. The van der Waals surface area contributed by atoms with E-state index in [1.807, 2.05) is 30.3 Å². The topological polar surface area (TPSA) is 47.8 Å². The zero-order valence-electron chi connectivity index (χ0n) is 13.6. The molecule has 22 heavy (non-hydrogen) atoms. The van der Waals surface area contributed by atoms with Crippen molar-refractivity contribution in [3.8, 4) is 0 Å². The number of hydrogen-bond donors (Lipinski definition) is 1. The standard InChI is InChI=1S/C18H25NO3/c1-3-19(4-2)12-13-22-17(21)18(11-10-16(20)14-18)15-8-6-5-7-9-15/h5-9H,3-4,10-14H2,1-2H3/p+1/t18-/m0/s1. The molecule has 1 aliphatic carbocycles. The molecule has 1 aliphatic rings. The fraction of sp³-hybridized carbons (Fsp3) is 0.556. The molecule has 1 N–H and O–H groups in total. The van der Waals surface area contributed by atoms with Gasteiger partial charge in [0.15, 0.2) is 0 Å². The van der Waals surface area contributed by atoms with E-state index >= 15 is 0 Å². The van der Waals surface area contributed by atoms with Crippen molar-refractivity contribution in [3.05, 3.63) is 35.9 Å². The molecule has 1 fully saturated rings. The van der Waals surface area contributed by atoms with Crippen molar-refractivity contribution in [1.29, 1.82) is 0 Å². The number of hydrogen-bond acceptors (Lipinski definition) is 3. The Morgan fingerprint density at radius 1 is 1.23 bits per heavy atom. The molecule has 120 valence electrons. The summed E-state index contributed by atoms with van der Waals surface area (Å²) < 4.78 is 5.55. The van der Waals surface area contributed by atoms with E-state index in [4.69, 9.17) is 4.74 Å². The van der Waals surface area contributed by atoms with Crippen LogP contribution in [0.15, 0.2) is 30.3 Å². The summed E-state index contributed by atoms with van der Waals surface area (Å²) in [7, 11) is 0. The molecule has 0 saturated heterocycles. The lowest BCUT2D eigenvalue weighted by molar-refractivity contribution is -0.896. The number of carbonyl (C=O) groups is 2. The largest absolute Gasteiger partial charge is 0.459 e. The van der Waals surface area contributed by atoms with Crippen LogP contribution in [0.1, 0.15) is 38.7 Å². The molecule has 4 nitrogen and oxygen atoms in total. The summed E-state index contributed by atoms with van der Waals surface area (Å²) in [6.45, 7) is 7.53. The first-order valence-electron chi connectivity index (χ1n) is 8.20. The molecule has 0 radical (unpaired) electrons. The molecule has 0 unspecified atom stereocenters. The molecule has 1 aromatic rings. The smallest absolute Gasteiger partial charge is 0.317 e. The van der Waals surface area contributed by atoms with Crippen LogP contribution in [-0.4, -0.2) is 38.0 Å². The van der Waals surface area contributed by atoms with Gasteiger partial charge in [-0.3, -0.25) is 9.59 Å². The number of benzene rings is 1. The maximum Gasteiger partial charge on any atom is 0.317 e. The van der Waals surface area contributed by atoms with Crippen LogP contribution in [0.25, 0.3) is 0 Å². The van der Waals surface area contributed by atoms with Crippen LogP contribution in [0.4, 0.5) is 0 Å². The van der Waals surface area contributed by atoms with E-state index in [-0.39, 0.29) is 18.2 Å². The van der Waals surface area contributed by atoms with E-state index < -0.39 is 5.41 Å². The van der Waals surface area contributed by atoms with Crippen molar-refractivity contribution in [3.63, 3.8) is 0 Å². The first-order chi connectivity index (χ1) is 10.6. The van der Waals surface area contributed by atoms with Gasteiger partial charge < -0.3 is 9.64 Å². The van der Waals surface area contributed by atoms with Crippen molar-refractivity contribution >= 4 is 11.8 Å². The zero-order valence-corrected chi connectivity index (χ0v) is 13.6. The van der Waals surface area contributed by atoms with Crippen LogP contribution in [0.2, 0.25) is 0 Å². The van der Waals surface area contributed by atoms with Gasteiger partial charge in [-0.2, -0.15) is 0 Å². The third-order valence-corrected chi connectivity index (χ3v) is 4.74. The number of likely N-dealkylation sites (N-methyl/N-ethyl adjacent to an activating group) is 1. The monoisotopic (exact) mass is 304 g/mol. The summed E-state index contributed by atoms with van der Waals surface area (Å²) in [5, 5.41) is 0. The summed E-state index contributed by atoms with van der Waals surface area (Å²) in [6.07, 6.45) is 1.30. The summed E-state index contributed by atoms with van der Waals surface area (Å²) in [6, 6.07) is 9.59. The number of quaternary nitrogens is 1. The summed E-state index contributed by atoms with van der Waals surface area (Å²) in [5.41, 5.74) is 0.137. The van der Waals surface area contributed by atoms with Crippen LogP contribution < -0.4 is 4.90 Å². The SMILES string of the molecule is CC[NH+](CC)CCOC(=O)[C@@]1(c2ccccc2)CCC(=O)C1. The van der Waals surface area contributed by atoms with E-state index in [0.717, 1.165) is 25.2 Å². The third kappa shape index (κ3) is 3.55. The molecular weight excluding hydrogens is 278 g/mol. The Balaban J connectivity index is 2.07.